The maximum atomic E-state index is 5.43. The van der Waals surface area contributed by atoms with Gasteiger partial charge in [0.15, 0.2) is 11.5 Å². The summed E-state index contributed by atoms with van der Waals surface area (Å²) in [5.74, 6) is 2.09. The highest BCUT2D eigenvalue weighted by Crippen LogP contribution is 2.33. The molecule has 0 spiro atoms. The lowest BCUT2D eigenvalue weighted by molar-refractivity contribution is 0.355. The van der Waals surface area contributed by atoms with Gasteiger partial charge in [-0.25, -0.2) is 9.97 Å². The van der Waals surface area contributed by atoms with E-state index >= 15 is 0 Å². The molecule has 0 bridgehead atoms. The Bertz CT molecular complexity index is 1080. The molecular weight excluding hydrogens is 342 g/mol. The molecule has 27 heavy (non-hydrogen) atoms. The zero-order chi connectivity index (χ0) is 18.8. The lowest BCUT2D eigenvalue weighted by atomic mass is 10.1. The van der Waals surface area contributed by atoms with Gasteiger partial charge in [0, 0.05) is 49.2 Å². The molecule has 7 heteroatoms. The van der Waals surface area contributed by atoms with Crippen LogP contribution in [0.1, 0.15) is 0 Å². The molecule has 0 unspecified atom stereocenters. The summed E-state index contributed by atoms with van der Waals surface area (Å²) in [6, 6.07) is 11.6. The molecule has 0 radical (unpaired) electrons. The SMILES string of the molecule is COc1ccc(-c2cc3nccn3c(N(C)c3ccncc3)n2)cc1OC. The summed E-state index contributed by atoms with van der Waals surface area (Å²) < 4.78 is 12.7. The topological polar surface area (TPSA) is 64.8 Å². The van der Waals surface area contributed by atoms with Crippen LogP contribution in [0.2, 0.25) is 0 Å². The third kappa shape index (κ3) is 3.03. The van der Waals surface area contributed by atoms with Crippen molar-refractivity contribution in [2.45, 2.75) is 0 Å². The fraction of sp³-hybridized carbons (Fsp3) is 0.150. The average molecular weight is 361 g/mol. The van der Waals surface area contributed by atoms with Crippen molar-refractivity contribution in [2.24, 2.45) is 0 Å². The summed E-state index contributed by atoms with van der Waals surface area (Å²) >= 11 is 0. The number of pyridine rings is 1. The number of benzene rings is 1. The number of hydrogen-bond donors (Lipinski definition) is 0. The van der Waals surface area contributed by atoms with Crippen molar-refractivity contribution < 1.29 is 9.47 Å². The van der Waals surface area contributed by atoms with Gasteiger partial charge in [0.05, 0.1) is 19.9 Å². The zero-order valence-corrected chi connectivity index (χ0v) is 15.3. The van der Waals surface area contributed by atoms with E-state index in [0.717, 1.165) is 28.5 Å². The van der Waals surface area contributed by atoms with Crippen LogP contribution in [0, 0.1) is 0 Å². The minimum absolute atomic E-state index is 0.657. The van der Waals surface area contributed by atoms with E-state index in [1.165, 1.54) is 0 Å². The Labute approximate surface area is 156 Å². The molecule has 0 aliphatic heterocycles. The standard InChI is InChI=1S/C20H19N5O2/c1-24(15-6-8-21-9-7-15)20-23-16(13-19-22-10-11-25(19)20)14-4-5-17(26-2)18(12-14)27-3/h4-13H,1-3H3. The zero-order valence-electron chi connectivity index (χ0n) is 15.3. The molecule has 0 saturated heterocycles. The first-order chi connectivity index (χ1) is 13.2. The van der Waals surface area contributed by atoms with Crippen LogP contribution in [-0.2, 0) is 0 Å². The quantitative estimate of drug-likeness (QED) is 0.541. The molecular formula is C20H19N5O2. The third-order valence-electron chi connectivity index (χ3n) is 4.40. The van der Waals surface area contributed by atoms with Crippen molar-refractivity contribution in [3.63, 3.8) is 0 Å². The first-order valence-corrected chi connectivity index (χ1v) is 8.41. The minimum atomic E-state index is 0.657. The molecule has 4 aromatic rings. The number of nitrogens with zero attached hydrogens (tertiary/aromatic N) is 5. The van der Waals surface area contributed by atoms with Crippen LogP contribution >= 0.6 is 0 Å². The summed E-state index contributed by atoms with van der Waals surface area (Å²) in [5.41, 5.74) is 3.51. The normalized spacial score (nSPS) is 10.8. The van der Waals surface area contributed by atoms with Crippen LogP contribution in [0.15, 0.2) is 61.2 Å². The summed E-state index contributed by atoms with van der Waals surface area (Å²) in [6.07, 6.45) is 7.18. The number of ether oxygens (including phenoxy) is 2. The fourth-order valence-corrected chi connectivity index (χ4v) is 2.97. The van der Waals surface area contributed by atoms with E-state index in [2.05, 4.69) is 9.97 Å². The summed E-state index contributed by atoms with van der Waals surface area (Å²) in [7, 11) is 5.21. The van der Waals surface area contributed by atoms with Crippen LogP contribution in [0.25, 0.3) is 16.9 Å². The van der Waals surface area contributed by atoms with Crippen molar-refractivity contribution in [1.82, 2.24) is 19.4 Å². The molecule has 0 atom stereocenters. The van der Waals surface area contributed by atoms with Crippen molar-refractivity contribution >= 4 is 17.3 Å². The number of aromatic nitrogens is 4. The first-order valence-electron chi connectivity index (χ1n) is 8.41. The van der Waals surface area contributed by atoms with Gasteiger partial charge < -0.3 is 14.4 Å². The molecule has 0 fully saturated rings. The largest absolute Gasteiger partial charge is 0.493 e. The first kappa shape index (κ1) is 16.8. The Morgan fingerprint density at radius 2 is 1.70 bits per heavy atom. The molecule has 0 amide bonds. The third-order valence-corrected chi connectivity index (χ3v) is 4.40. The second-order valence-electron chi connectivity index (χ2n) is 5.93. The molecule has 136 valence electrons. The summed E-state index contributed by atoms with van der Waals surface area (Å²) in [4.78, 5) is 15.4. The van der Waals surface area contributed by atoms with Gasteiger partial charge in [0.2, 0.25) is 5.95 Å². The minimum Gasteiger partial charge on any atom is -0.493 e. The van der Waals surface area contributed by atoms with Crippen LogP contribution in [0.4, 0.5) is 11.6 Å². The molecule has 3 aromatic heterocycles. The molecule has 0 aliphatic carbocycles. The van der Waals surface area contributed by atoms with E-state index in [0.29, 0.717) is 11.5 Å². The van der Waals surface area contributed by atoms with Crippen molar-refractivity contribution in [2.75, 3.05) is 26.2 Å². The monoisotopic (exact) mass is 361 g/mol. The Kier molecular flexibility index (Phi) is 4.33. The highest BCUT2D eigenvalue weighted by Gasteiger charge is 2.15. The second-order valence-corrected chi connectivity index (χ2v) is 5.93. The number of fused-ring (bicyclic) bond motifs is 1. The van der Waals surface area contributed by atoms with Crippen LogP contribution in [-0.4, -0.2) is 40.6 Å². The Balaban J connectivity index is 1.86. The highest BCUT2D eigenvalue weighted by molar-refractivity contribution is 5.70. The van der Waals surface area contributed by atoms with Gasteiger partial charge in [-0.3, -0.25) is 9.38 Å². The van der Waals surface area contributed by atoms with Gasteiger partial charge in [-0.2, -0.15) is 0 Å². The maximum Gasteiger partial charge on any atom is 0.216 e. The number of hydrogen-bond acceptors (Lipinski definition) is 6. The lowest BCUT2D eigenvalue weighted by Crippen LogP contribution is -2.15. The number of imidazole rings is 1. The molecule has 1 aromatic carbocycles. The van der Waals surface area contributed by atoms with E-state index in [9.17, 15) is 0 Å². The predicted octanol–water partition coefficient (Wildman–Crippen LogP) is 3.58. The maximum absolute atomic E-state index is 5.43. The van der Waals surface area contributed by atoms with E-state index in [1.54, 1.807) is 32.8 Å². The molecule has 0 saturated carbocycles. The Morgan fingerprint density at radius 3 is 2.44 bits per heavy atom. The van der Waals surface area contributed by atoms with Crippen LogP contribution in [0.5, 0.6) is 11.5 Å². The molecule has 0 N–H and O–H groups in total. The summed E-state index contributed by atoms with van der Waals surface area (Å²) in [5, 5.41) is 0. The smallest absolute Gasteiger partial charge is 0.216 e. The van der Waals surface area contributed by atoms with Crippen molar-refractivity contribution in [3.05, 3.63) is 61.2 Å². The Morgan fingerprint density at radius 1 is 0.926 bits per heavy atom. The van der Waals surface area contributed by atoms with E-state index < -0.39 is 0 Å². The van der Waals surface area contributed by atoms with Gasteiger partial charge >= 0.3 is 0 Å². The summed E-state index contributed by atoms with van der Waals surface area (Å²) in [6.45, 7) is 0. The van der Waals surface area contributed by atoms with Crippen LogP contribution in [0.3, 0.4) is 0 Å². The fourth-order valence-electron chi connectivity index (χ4n) is 2.97. The Hall–Kier alpha value is -3.61. The molecule has 4 rings (SSSR count). The van der Waals surface area contributed by atoms with Gasteiger partial charge in [0.25, 0.3) is 0 Å². The lowest BCUT2D eigenvalue weighted by Gasteiger charge is -2.20. The van der Waals surface area contributed by atoms with Gasteiger partial charge in [0.1, 0.15) is 5.65 Å². The van der Waals surface area contributed by atoms with Gasteiger partial charge in [-0.15, -0.1) is 0 Å². The van der Waals surface area contributed by atoms with Crippen LogP contribution < -0.4 is 14.4 Å². The number of anilines is 2. The highest BCUT2D eigenvalue weighted by atomic mass is 16.5. The molecule has 0 aliphatic rings. The number of rotatable bonds is 5. The molecule has 3 heterocycles. The van der Waals surface area contributed by atoms with Crippen molar-refractivity contribution in [3.8, 4) is 22.8 Å². The molecule has 7 nitrogen and oxygen atoms in total. The van der Waals surface area contributed by atoms with E-state index in [1.807, 2.05) is 58.9 Å². The van der Waals surface area contributed by atoms with E-state index in [4.69, 9.17) is 14.5 Å². The van der Waals surface area contributed by atoms with Gasteiger partial charge in [-0.05, 0) is 30.3 Å². The van der Waals surface area contributed by atoms with E-state index in [-0.39, 0.29) is 0 Å². The second kappa shape index (κ2) is 6.95. The average Bonchev–Trinajstić information content (AvgIpc) is 3.21. The number of methoxy groups -OCH3 is 2. The van der Waals surface area contributed by atoms with Crippen molar-refractivity contribution in [1.29, 1.82) is 0 Å². The van der Waals surface area contributed by atoms with Gasteiger partial charge in [-0.1, -0.05) is 0 Å². The predicted molar refractivity (Wildman–Crippen MR) is 104 cm³/mol.